The molecule has 4 rings (SSSR count). The van der Waals surface area contributed by atoms with Gasteiger partial charge in [-0.3, -0.25) is 19.7 Å². The molecule has 1 aliphatic carbocycles. The van der Waals surface area contributed by atoms with E-state index in [-0.39, 0.29) is 29.3 Å². The Morgan fingerprint density at radius 1 is 0.926 bits per heavy atom. The number of carbonyl (C=O) groups excluding carboxylic acids is 2. The molecule has 0 spiro atoms. The predicted molar refractivity (Wildman–Crippen MR) is 102 cm³/mol. The highest BCUT2D eigenvalue weighted by Crippen LogP contribution is 2.40. The molecular formula is C20H23N3O4. The Kier molecular flexibility index (Phi) is 4.68. The van der Waals surface area contributed by atoms with Gasteiger partial charge in [0.1, 0.15) is 5.69 Å². The molecule has 1 aromatic rings. The summed E-state index contributed by atoms with van der Waals surface area (Å²) in [7, 11) is 0. The van der Waals surface area contributed by atoms with Gasteiger partial charge in [0.25, 0.3) is 5.69 Å². The minimum absolute atomic E-state index is 0.0389. The van der Waals surface area contributed by atoms with Crippen molar-refractivity contribution in [3.63, 3.8) is 0 Å². The van der Waals surface area contributed by atoms with Gasteiger partial charge >= 0.3 is 0 Å². The predicted octanol–water partition coefficient (Wildman–Crippen LogP) is 3.43. The molecule has 2 atom stereocenters. The molecule has 0 aromatic heterocycles. The van der Waals surface area contributed by atoms with Crippen LogP contribution in [0.5, 0.6) is 0 Å². The van der Waals surface area contributed by atoms with Gasteiger partial charge in [-0.05, 0) is 37.8 Å². The van der Waals surface area contributed by atoms with Crippen LogP contribution in [-0.2, 0) is 9.59 Å². The average molecular weight is 369 g/mol. The zero-order valence-corrected chi connectivity index (χ0v) is 15.2. The number of nitrogens with zero attached hydrogens (tertiary/aromatic N) is 3. The van der Waals surface area contributed by atoms with Crippen molar-refractivity contribution in [1.82, 2.24) is 0 Å². The van der Waals surface area contributed by atoms with Gasteiger partial charge in [0.2, 0.25) is 11.8 Å². The van der Waals surface area contributed by atoms with Crippen molar-refractivity contribution >= 4 is 28.9 Å². The summed E-state index contributed by atoms with van der Waals surface area (Å²) >= 11 is 0. The zero-order chi connectivity index (χ0) is 19.0. The van der Waals surface area contributed by atoms with Crippen LogP contribution in [0, 0.1) is 22.0 Å². The largest absolute Gasteiger partial charge is 0.366 e. The monoisotopic (exact) mass is 369 g/mol. The lowest BCUT2D eigenvalue weighted by atomic mass is 9.85. The minimum Gasteiger partial charge on any atom is -0.366 e. The summed E-state index contributed by atoms with van der Waals surface area (Å²) in [5.41, 5.74) is 0.844. The average Bonchev–Trinajstić information content (AvgIpc) is 2.86. The van der Waals surface area contributed by atoms with Crippen LogP contribution in [0.15, 0.2) is 30.4 Å². The fourth-order valence-corrected chi connectivity index (χ4v) is 4.43. The van der Waals surface area contributed by atoms with E-state index in [1.54, 1.807) is 12.1 Å². The molecule has 3 aliphatic rings. The lowest BCUT2D eigenvalue weighted by molar-refractivity contribution is -0.384. The Hall–Kier alpha value is -2.70. The van der Waals surface area contributed by atoms with Gasteiger partial charge in [-0.25, -0.2) is 4.90 Å². The molecule has 0 radical (unpaired) electrons. The van der Waals surface area contributed by atoms with Crippen LogP contribution in [0.25, 0.3) is 0 Å². The minimum atomic E-state index is -0.413. The third-order valence-corrected chi connectivity index (χ3v) is 5.87. The maximum Gasteiger partial charge on any atom is 0.294 e. The topological polar surface area (TPSA) is 83.8 Å². The fraction of sp³-hybridized carbons (Fsp3) is 0.500. The van der Waals surface area contributed by atoms with E-state index in [1.807, 2.05) is 17.1 Å². The van der Waals surface area contributed by atoms with Gasteiger partial charge in [-0.15, -0.1) is 0 Å². The van der Waals surface area contributed by atoms with Gasteiger partial charge in [-0.2, -0.15) is 0 Å². The third-order valence-electron chi connectivity index (χ3n) is 5.87. The summed E-state index contributed by atoms with van der Waals surface area (Å²) in [6, 6.07) is 4.76. The summed E-state index contributed by atoms with van der Waals surface area (Å²) in [5, 5.41) is 11.7. The van der Waals surface area contributed by atoms with Crippen molar-refractivity contribution in [2.45, 2.75) is 38.5 Å². The van der Waals surface area contributed by atoms with Crippen LogP contribution in [0.2, 0.25) is 0 Å². The van der Waals surface area contributed by atoms with Crippen LogP contribution in [0.3, 0.4) is 0 Å². The number of hydrogen-bond donors (Lipinski definition) is 0. The number of carbonyl (C=O) groups is 2. The first-order chi connectivity index (χ1) is 13.1. The van der Waals surface area contributed by atoms with E-state index in [4.69, 9.17) is 0 Å². The lowest BCUT2D eigenvalue weighted by Crippen LogP contribution is -2.31. The Bertz CT molecular complexity index is 785. The van der Waals surface area contributed by atoms with Crippen molar-refractivity contribution in [3.05, 3.63) is 40.5 Å². The van der Waals surface area contributed by atoms with Gasteiger partial charge in [0, 0.05) is 19.2 Å². The van der Waals surface area contributed by atoms with E-state index in [0.29, 0.717) is 24.2 Å². The molecule has 0 saturated carbocycles. The first-order valence-corrected chi connectivity index (χ1v) is 9.64. The molecule has 7 heteroatoms. The number of imide groups is 1. The number of hydrogen-bond acceptors (Lipinski definition) is 5. The SMILES string of the molecule is O=C1C2CC=CCC2C(=O)N1c1ccc(N2CCCCCC2)c([N+](=O)[O-])c1. The second-order valence-electron chi connectivity index (χ2n) is 7.50. The first-order valence-electron chi connectivity index (χ1n) is 9.64. The van der Waals surface area contributed by atoms with Crippen molar-refractivity contribution in [3.8, 4) is 0 Å². The number of fused-ring (bicyclic) bond motifs is 1. The Labute approximate surface area is 157 Å². The molecule has 2 saturated heterocycles. The molecule has 2 aliphatic heterocycles. The summed E-state index contributed by atoms with van der Waals surface area (Å²) in [4.78, 5) is 40.0. The normalized spacial score (nSPS) is 25.5. The molecule has 0 bridgehead atoms. The Balaban J connectivity index is 1.68. The van der Waals surface area contributed by atoms with E-state index in [0.717, 1.165) is 43.7 Å². The highest BCUT2D eigenvalue weighted by Gasteiger charge is 2.48. The molecular weight excluding hydrogens is 346 g/mol. The van der Waals surface area contributed by atoms with Crippen molar-refractivity contribution in [2.24, 2.45) is 11.8 Å². The van der Waals surface area contributed by atoms with E-state index < -0.39 is 4.92 Å². The van der Waals surface area contributed by atoms with Crippen LogP contribution in [-0.4, -0.2) is 29.8 Å². The molecule has 27 heavy (non-hydrogen) atoms. The Morgan fingerprint density at radius 2 is 1.52 bits per heavy atom. The summed E-state index contributed by atoms with van der Waals surface area (Å²) in [5.74, 6) is -1.17. The summed E-state index contributed by atoms with van der Waals surface area (Å²) < 4.78 is 0. The number of amides is 2. The van der Waals surface area contributed by atoms with Crippen LogP contribution >= 0.6 is 0 Å². The van der Waals surface area contributed by atoms with E-state index >= 15 is 0 Å². The van der Waals surface area contributed by atoms with E-state index in [1.165, 1.54) is 6.07 Å². The van der Waals surface area contributed by atoms with Crippen molar-refractivity contribution in [1.29, 1.82) is 0 Å². The fourth-order valence-electron chi connectivity index (χ4n) is 4.43. The Morgan fingerprint density at radius 3 is 2.07 bits per heavy atom. The number of benzene rings is 1. The smallest absolute Gasteiger partial charge is 0.294 e. The molecule has 142 valence electrons. The highest BCUT2D eigenvalue weighted by molar-refractivity contribution is 6.22. The number of rotatable bonds is 3. The standard InChI is InChI=1S/C20H23N3O4/c24-19-15-7-3-4-8-16(15)20(25)22(19)14-9-10-17(18(13-14)23(26)27)21-11-5-1-2-6-12-21/h3-4,9-10,13,15-16H,1-2,5-8,11-12H2. The van der Waals surface area contributed by atoms with Crippen molar-refractivity contribution < 1.29 is 14.5 Å². The molecule has 7 nitrogen and oxygen atoms in total. The van der Waals surface area contributed by atoms with Crippen molar-refractivity contribution in [2.75, 3.05) is 22.9 Å². The summed E-state index contributed by atoms with van der Waals surface area (Å²) in [6.07, 6.45) is 9.27. The maximum atomic E-state index is 12.8. The van der Waals surface area contributed by atoms with Crippen LogP contribution in [0.4, 0.5) is 17.1 Å². The molecule has 2 unspecified atom stereocenters. The number of nitro benzene ring substituents is 1. The molecule has 2 heterocycles. The van der Waals surface area contributed by atoms with Gasteiger partial charge in [0.05, 0.1) is 22.4 Å². The van der Waals surface area contributed by atoms with Crippen LogP contribution in [0.1, 0.15) is 38.5 Å². The van der Waals surface area contributed by atoms with Gasteiger partial charge in [0.15, 0.2) is 0 Å². The number of nitro groups is 1. The van der Waals surface area contributed by atoms with Crippen LogP contribution < -0.4 is 9.80 Å². The maximum absolute atomic E-state index is 12.8. The second kappa shape index (κ2) is 7.13. The molecule has 2 fully saturated rings. The molecule has 1 aromatic carbocycles. The molecule has 2 amide bonds. The highest BCUT2D eigenvalue weighted by atomic mass is 16.6. The molecule has 0 N–H and O–H groups in total. The van der Waals surface area contributed by atoms with E-state index in [2.05, 4.69) is 0 Å². The summed E-state index contributed by atoms with van der Waals surface area (Å²) in [6.45, 7) is 1.58. The lowest BCUT2D eigenvalue weighted by Gasteiger charge is -2.23. The first kappa shape index (κ1) is 17.7. The second-order valence-corrected chi connectivity index (χ2v) is 7.50. The van der Waals surface area contributed by atoms with Gasteiger partial charge < -0.3 is 4.90 Å². The quantitative estimate of drug-likeness (QED) is 0.353. The zero-order valence-electron chi connectivity index (χ0n) is 15.2. The third kappa shape index (κ3) is 3.11. The number of allylic oxidation sites excluding steroid dienone is 2. The van der Waals surface area contributed by atoms with Gasteiger partial charge in [-0.1, -0.05) is 25.0 Å². The van der Waals surface area contributed by atoms with E-state index in [9.17, 15) is 19.7 Å². The number of anilines is 2.